The van der Waals surface area contributed by atoms with Gasteiger partial charge in [0.15, 0.2) is 0 Å². The summed E-state index contributed by atoms with van der Waals surface area (Å²) >= 11 is 1.68. The predicted molar refractivity (Wildman–Crippen MR) is 90.8 cm³/mol. The van der Waals surface area contributed by atoms with Crippen molar-refractivity contribution < 1.29 is 4.79 Å². The Labute approximate surface area is 128 Å². The van der Waals surface area contributed by atoms with E-state index in [4.69, 9.17) is 0 Å². The van der Waals surface area contributed by atoms with E-state index in [1.807, 2.05) is 38.3 Å². The van der Waals surface area contributed by atoms with Gasteiger partial charge >= 0.3 is 0 Å². The number of thioether (sulfide) groups is 1. The van der Waals surface area contributed by atoms with Crippen molar-refractivity contribution in [2.24, 2.45) is 0 Å². The minimum Gasteiger partial charge on any atom is -0.349 e. The standard InChI is InChI=1S/C15H23NOS.C2H6/c1-5-7-13(6-2)16-15(17)12-9-8-11(3)14(10-12)18-4;1-2/h8-10,13H,5-7H2,1-4H3,(H,16,17);1-2H3. The Balaban J connectivity index is 0.00000172. The largest absolute Gasteiger partial charge is 0.349 e. The molecule has 1 atom stereocenters. The van der Waals surface area contributed by atoms with E-state index in [2.05, 4.69) is 26.1 Å². The van der Waals surface area contributed by atoms with Crippen LogP contribution in [-0.4, -0.2) is 18.2 Å². The first-order chi connectivity index (χ1) is 9.62. The predicted octanol–water partition coefficient (Wildman–Crippen LogP) is 5.05. The Bertz CT molecular complexity index is 404. The van der Waals surface area contributed by atoms with E-state index in [1.54, 1.807) is 11.8 Å². The molecule has 3 heteroatoms. The highest BCUT2D eigenvalue weighted by molar-refractivity contribution is 7.98. The quantitative estimate of drug-likeness (QED) is 0.744. The van der Waals surface area contributed by atoms with Crippen LogP contribution >= 0.6 is 11.8 Å². The maximum Gasteiger partial charge on any atom is 0.251 e. The van der Waals surface area contributed by atoms with Gasteiger partial charge in [-0.25, -0.2) is 0 Å². The molecule has 1 rings (SSSR count). The second kappa shape index (κ2) is 10.8. The minimum atomic E-state index is 0.0469. The van der Waals surface area contributed by atoms with Crippen LogP contribution in [0.5, 0.6) is 0 Å². The van der Waals surface area contributed by atoms with Crippen LogP contribution < -0.4 is 5.32 Å². The molecule has 1 amide bonds. The summed E-state index contributed by atoms with van der Waals surface area (Å²) in [5.41, 5.74) is 1.99. The highest BCUT2D eigenvalue weighted by Crippen LogP contribution is 2.21. The normalized spacial score (nSPS) is 11.3. The van der Waals surface area contributed by atoms with Gasteiger partial charge in [-0.2, -0.15) is 0 Å². The van der Waals surface area contributed by atoms with Crippen LogP contribution in [0.4, 0.5) is 0 Å². The van der Waals surface area contributed by atoms with Crippen molar-refractivity contribution in [3.63, 3.8) is 0 Å². The van der Waals surface area contributed by atoms with Crippen LogP contribution in [0.15, 0.2) is 23.1 Å². The van der Waals surface area contributed by atoms with E-state index in [0.717, 1.165) is 24.8 Å². The molecule has 1 N–H and O–H groups in total. The molecule has 2 nitrogen and oxygen atoms in total. The van der Waals surface area contributed by atoms with Gasteiger partial charge in [-0.3, -0.25) is 4.79 Å². The second-order valence-corrected chi connectivity index (χ2v) is 5.40. The second-order valence-electron chi connectivity index (χ2n) is 4.55. The van der Waals surface area contributed by atoms with Gasteiger partial charge in [-0.05, 0) is 43.7 Å². The van der Waals surface area contributed by atoms with Crippen LogP contribution in [0.3, 0.4) is 0 Å². The molecule has 0 bridgehead atoms. The summed E-state index contributed by atoms with van der Waals surface area (Å²) in [5, 5.41) is 3.11. The summed E-state index contributed by atoms with van der Waals surface area (Å²) in [4.78, 5) is 13.3. The van der Waals surface area contributed by atoms with E-state index < -0.39 is 0 Å². The molecule has 0 spiro atoms. The molecule has 0 aromatic heterocycles. The van der Waals surface area contributed by atoms with Gasteiger partial charge in [0.25, 0.3) is 5.91 Å². The molecule has 20 heavy (non-hydrogen) atoms. The zero-order valence-electron chi connectivity index (χ0n) is 13.7. The summed E-state index contributed by atoms with van der Waals surface area (Å²) in [6.45, 7) is 10.3. The summed E-state index contributed by atoms with van der Waals surface area (Å²) < 4.78 is 0. The zero-order valence-corrected chi connectivity index (χ0v) is 14.6. The molecular weight excluding hydrogens is 266 g/mol. The first kappa shape index (κ1) is 19.0. The third kappa shape index (κ3) is 6.00. The molecule has 0 fully saturated rings. The number of carbonyl (C=O) groups excluding carboxylic acids is 1. The third-order valence-electron chi connectivity index (χ3n) is 3.14. The van der Waals surface area contributed by atoms with Crippen LogP contribution in [-0.2, 0) is 0 Å². The van der Waals surface area contributed by atoms with Crippen LogP contribution in [0.25, 0.3) is 0 Å². The van der Waals surface area contributed by atoms with Gasteiger partial charge in [0.2, 0.25) is 0 Å². The van der Waals surface area contributed by atoms with E-state index in [1.165, 1.54) is 10.5 Å². The van der Waals surface area contributed by atoms with Crippen molar-refractivity contribution in [1.29, 1.82) is 0 Å². The van der Waals surface area contributed by atoms with Gasteiger partial charge < -0.3 is 5.32 Å². The molecule has 0 aliphatic rings. The first-order valence-electron chi connectivity index (χ1n) is 7.57. The van der Waals surface area contributed by atoms with Crippen LogP contribution in [0.2, 0.25) is 0 Å². The van der Waals surface area contributed by atoms with Crippen molar-refractivity contribution in [3.05, 3.63) is 29.3 Å². The average molecular weight is 295 g/mol. The molecule has 1 unspecified atom stereocenters. The number of rotatable bonds is 6. The summed E-state index contributed by atoms with van der Waals surface area (Å²) in [5.74, 6) is 0.0469. The van der Waals surface area contributed by atoms with E-state index >= 15 is 0 Å². The number of hydrogen-bond donors (Lipinski definition) is 1. The Kier molecular flexibility index (Phi) is 10.3. The Morgan fingerprint density at radius 2 is 1.95 bits per heavy atom. The Morgan fingerprint density at radius 3 is 2.45 bits per heavy atom. The fraction of sp³-hybridized carbons (Fsp3) is 0.588. The number of amides is 1. The topological polar surface area (TPSA) is 29.1 Å². The average Bonchev–Trinajstić information content (AvgIpc) is 2.49. The van der Waals surface area contributed by atoms with Crippen LogP contribution in [0, 0.1) is 6.92 Å². The molecule has 0 radical (unpaired) electrons. The highest BCUT2D eigenvalue weighted by Gasteiger charge is 2.12. The number of benzene rings is 1. The molecule has 0 saturated carbocycles. The molecular formula is C17H29NOS. The lowest BCUT2D eigenvalue weighted by Crippen LogP contribution is -2.34. The molecule has 0 aliphatic carbocycles. The van der Waals surface area contributed by atoms with Gasteiger partial charge in [-0.15, -0.1) is 11.8 Å². The Hall–Kier alpha value is -0.960. The molecule has 114 valence electrons. The number of carbonyl (C=O) groups is 1. The van der Waals surface area contributed by atoms with Gasteiger partial charge in [-0.1, -0.05) is 40.2 Å². The smallest absolute Gasteiger partial charge is 0.251 e. The third-order valence-corrected chi connectivity index (χ3v) is 4.02. The number of hydrogen-bond acceptors (Lipinski definition) is 2. The molecule has 1 aromatic rings. The summed E-state index contributed by atoms with van der Waals surface area (Å²) in [7, 11) is 0. The van der Waals surface area contributed by atoms with Crippen molar-refractivity contribution in [3.8, 4) is 0 Å². The fourth-order valence-corrected chi connectivity index (χ4v) is 2.59. The van der Waals surface area contributed by atoms with E-state index in [9.17, 15) is 4.79 Å². The van der Waals surface area contributed by atoms with Gasteiger partial charge in [0, 0.05) is 16.5 Å². The van der Waals surface area contributed by atoms with Crippen molar-refractivity contribution >= 4 is 17.7 Å². The van der Waals surface area contributed by atoms with Crippen molar-refractivity contribution in [1.82, 2.24) is 5.32 Å². The lowest BCUT2D eigenvalue weighted by molar-refractivity contribution is 0.0933. The molecule has 1 aromatic carbocycles. The lowest BCUT2D eigenvalue weighted by atomic mass is 10.1. The highest BCUT2D eigenvalue weighted by atomic mass is 32.2. The van der Waals surface area contributed by atoms with Crippen molar-refractivity contribution in [2.45, 2.75) is 64.8 Å². The number of nitrogens with one attached hydrogen (secondary N) is 1. The maximum atomic E-state index is 12.1. The lowest BCUT2D eigenvalue weighted by Gasteiger charge is -2.16. The van der Waals surface area contributed by atoms with Gasteiger partial charge in [0.1, 0.15) is 0 Å². The maximum absolute atomic E-state index is 12.1. The summed E-state index contributed by atoms with van der Waals surface area (Å²) in [6, 6.07) is 6.19. The van der Waals surface area contributed by atoms with E-state index in [0.29, 0.717) is 6.04 Å². The molecule has 0 aliphatic heterocycles. The molecule has 0 heterocycles. The van der Waals surface area contributed by atoms with Crippen molar-refractivity contribution in [2.75, 3.05) is 6.26 Å². The fourth-order valence-electron chi connectivity index (χ4n) is 1.96. The first-order valence-corrected chi connectivity index (χ1v) is 8.80. The SMILES string of the molecule is CC.CCCC(CC)NC(=O)c1ccc(C)c(SC)c1. The zero-order chi connectivity index (χ0) is 15.5. The minimum absolute atomic E-state index is 0.0469. The molecule has 0 saturated heterocycles. The van der Waals surface area contributed by atoms with Crippen LogP contribution in [0.1, 0.15) is 62.9 Å². The summed E-state index contributed by atoms with van der Waals surface area (Å²) in [6.07, 6.45) is 5.17. The Morgan fingerprint density at radius 1 is 1.30 bits per heavy atom. The van der Waals surface area contributed by atoms with E-state index in [-0.39, 0.29) is 5.91 Å². The monoisotopic (exact) mass is 295 g/mol. The van der Waals surface area contributed by atoms with Gasteiger partial charge in [0.05, 0.1) is 0 Å². The number of aryl methyl sites for hydroxylation is 1.